The van der Waals surface area contributed by atoms with E-state index >= 15 is 0 Å². The van der Waals surface area contributed by atoms with Crippen molar-refractivity contribution in [2.75, 3.05) is 13.1 Å². The second-order valence-electron chi connectivity index (χ2n) is 6.99. The van der Waals surface area contributed by atoms with Gasteiger partial charge in [-0.15, -0.1) is 0 Å². The molecule has 1 heterocycles. The number of pyridine rings is 1. The zero-order valence-corrected chi connectivity index (χ0v) is 14.6. The van der Waals surface area contributed by atoms with Gasteiger partial charge < -0.3 is 15.7 Å². The Hall–Kier alpha value is -2.37. The summed E-state index contributed by atoms with van der Waals surface area (Å²) in [7, 11) is 0. The summed E-state index contributed by atoms with van der Waals surface area (Å²) >= 11 is 0. The highest BCUT2D eigenvalue weighted by Crippen LogP contribution is 2.59. The Balaban J connectivity index is 1.77. The molecule has 0 aromatic carbocycles. The number of carbonyl (C=O) groups is 2. The maximum Gasteiger partial charge on any atom is 0.273 e. The van der Waals surface area contributed by atoms with Crippen LogP contribution in [0.4, 0.5) is 0 Å². The molecule has 0 saturated heterocycles. The lowest BCUT2D eigenvalue weighted by atomic mass is 10.1. The molecule has 1 aliphatic carbocycles. The van der Waals surface area contributed by atoms with E-state index in [4.69, 9.17) is 0 Å². The summed E-state index contributed by atoms with van der Waals surface area (Å²) in [6.45, 7) is 8.87. The second-order valence-corrected chi connectivity index (χ2v) is 6.99. The van der Waals surface area contributed by atoms with Crippen molar-refractivity contribution in [2.24, 2.45) is 17.3 Å². The first-order valence-corrected chi connectivity index (χ1v) is 8.10. The van der Waals surface area contributed by atoms with Crippen LogP contribution < -0.4 is 10.6 Å². The van der Waals surface area contributed by atoms with Crippen LogP contribution in [0, 0.1) is 17.3 Å². The minimum atomic E-state index is -0.462. The molecule has 0 bridgehead atoms. The summed E-state index contributed by atoms with van der Waals surface area (Å²) in [4.78, 5) is 28.0. The molecule has 130 valence electrons. The minimum absolute atomic E-state index is 0.0115. The molecule has 1 aromatic rings. The topological polar surface area (TPSA) is 91.3 Å². The molecule has 24 heavy (non-hydrogen) atoms. The normalized spacial score (nSPS) is 20.8. The van der Waals surface area contributed by atoms with E-state index in [-0.39, 0.29) is 41.1 Å². The van der Waals surface area contributed by atoms with E-state index in [1.54, 1.807) is 6.07 Å². The highest BCUT2D eigenvalue weighted by molar-refractivity contribution is 5.94. The van der Waals surface area contributed by atoms with Crippen molar-refractivity contribution in [1.29, 1.82) is 0 Å². The van der Waals surface area contributed by atoms with Crippen molar-refractivity contribution in [1.82, 2.24) is 15.6 Å². The smallest absolute Gasteiger partial charge is 0.273 e. The fourth-order valence-corrected chi connectivity index (χ4v) is 2.98. The summed E-state index contributed by atoms with van der Waals surface area (Å²) in [5, 5.41) is 15.1. The molecule has 0 unspecified atom stereocenters. The van der Waals surface area contributed by atoms with Crippen LogP contribution in [-0.4, -0.2) is 35.0 Å². The van der Waals surface area contributed by atoms with E-state index in [9.17, 15) is 14.7 Å². The third kappa shape index (κ3) is 3.93. The standard InChI is InChI=1S/C18H25N3O3/c1-11(2)10-12-14(18(12,3)4)16(23)20-8-9-21-17(24)15-13(22)6-5-7-19-15/h5-7,10,12,14,22H,8-9H2,1-4H3,(H,20,23)(H,21,24)/t12-,14+/m1/s1. The predicted octanol–water partition coefficient (Wildman–Crippen LogP) is 1.87. The molecule has 1 aliphatic rings. The van der Waals surface area contributed by atoms with E-state index in [1.165, 1.54) is 17.8 Å². The number of allylic oxidation sites excluding steroid dienone is 2. The van der Waals surface area contributed by atoms with Crippen molar-refractivity contribution in [3.8, 4) is 5.75 Å². The quantitative estimate of drug-likeness (QED) is 0.548. The summed E-state index contributed by atoms with van der Waals surface area (Å²) in [5.74, 6) is -0.372. The zero-order chi connectivity index (χ0) is 17.9. The van der Waals surface area contributed by atoms with Crippen molar-refractivity contribution >= 4 is 11.8 Å². The maximum absolute atomic E-state index is 12.3. The van der Waals surface area contributed by atoms with Crippen molar-refractivity contribution in [3.05, 3.63) is 35.7 Å². The van der Waals surface area contributed by atoms with E-state index in [0.29, 0.717) is 6.54 Å². The first-order valence-electron chi connectivity index (χ1n) is 8.10. The van der Waals surface area contributed by atoms with Crippen LogP contribution in [0.15, 0.2) is 30.0 Å². The van der Waals surface area contributed by atoms with Crippen LogP contribution in [0.2, 0.25) is 0 Å². The Morgan fingerprint density at radius 1 is 1.29 bits per heavy atom. The SMILES string of the molecule is CC(C)=C[C@@H]1[C@@H](C(=O)NCCNC(=O)c2ncccc2O)C1(C)C. The molecule has 6 heteroatoms. The molecule has 1 aromatic heterocycles. The Morgan fingerprint density at radius 2 is 1.96 bits per heavy atom. The van der Waals surface area contributed by atoms with E-state index in [1.807, 2.05) is 13.8 Å². The van der Waals surface area contributed by atoms with Gasteiger partial charge in [0, 0.05) is 19.3 Å². The molecule has 6 nitrogen and oxygen atoms in total. The van der Waals surface area contributed by atoms with E-state index < -0.39 is 5.91 Å². The van der Waals surface area contributed by atoms with Gasteiger partial charge in [0.2, 0.25) is 5.91 Å². The fourth-order valence-electron chi connectivity index (χ4n) is 2.98. The van der Waals surface area contributed by atoms with E-state index in [0.717, 1.165) is 0 Å². The summed E-state index contributed by atoms with van der Waals surface area (Å²) in [6.07, 6.45) is 3.59. The minimum Gasteiger partial charge on any atom is -0.505 e. The lowest BCUT2D eigenvalue weighted by Gasteiger charge is -2.08. The Labute approximate surface area is 142 Å². The molecule has 2 rings (SSSR count). The van der Waals surface area contributed by atoms with Gasteiger partial charge in [-0.3, -0.25) is 9.59 Å². The molecule has 0 radical (unpaired) electrons. The summed E-state index contributed by atoms with van der Waals surface area (Å²) in [5.41, 5.74) is 1.17. The van der Waals surface area contributed by atoms with Gasteiger partial charge in [0.05, 0.1) is 5.92 Å². The Morgan fingerprint density at radius 3 is 2.58 bits per heavy atom. The van der Waals surface area contributed by atoms with Gasteiger partial charge in [0.1, 0.15) is 5.75 Å². The largest absolute Gasteiger partial charge is 0.505 e. The molecule has 2 amide bonds. The third-order valence-corrected chi connectivity index (χ3v) is 4.42. The van der Waals surface area contributed by atoms with E-state index in [2.05, 4.69) is 35.5 Å². The van der Waals surface area contributed by atoms with Crippen LogP contribution in [-0.2, 0) is 4.79 Å². The first-order chi connectivity index (χ1) is 11.2. The van der Waals surface area contributed by atoms with Gasteiger partial charge in [-0.2, -0.15) is 0 Å². The van der Waals surface area contributed by atoms with Crippen molar-refractivity contribution in [3.63, 3.8) is 0 Å². The molecule has 1 saturated carbocycles. The molecular weight excluding hydrogens is 306 g/mol. The number of nitrogens with zero attached hydrogens (tertiary/aromatic N) is 1. The lowest BCUT2D eigenvalue weighted by molar-refractivity contribution is -0.123. The third-order valence-electron chi connectivity index (χ3n) is 4.42. The van der Waals surface area contributed by atoms with Gasteiger partial charge in [-0.1, -0.05) is 25.5 Å². The maximum atomic E-state index is 12.3. The molecule has 0 spiro atoms. The highest BCUT2D eigenvalue weighted by Gasteiger charge is 2.60. The van der Waals surface area contributed by atoms with Crippen LogP contribution in [0.5, 0.6) is 5.75 Å². The van der Waals surface area contributed by atoms with Crippen LogP contribution in [0.1, 0.15) is 38.2 Å². The van der Waals surface area contributed by atoms with Gasteiger partial charge in [-0.05, 0) is 37.3 Å². The monoisotopic (exact) mass is 331 g/mol. The number of aromatic hydroxyl groups is 1. The van der Waals surface area contributed by atoms with Crippen LogP contribution in [0.25, 0.3) is 0 Å². The number of rotatable bonds is 6. The van der Waals surface area contributed by atoms with Crippen molar-refractivity contribution < 1.29 is 14.7 Å². The Kier molecular flexibility index (Phi) is 5.26. The fraction of sp³-hybridized carbons (Fsp3) is 0.500. The van der Waals surface area contributed by atoms with Crippen LogP contribution >= 0.6 is 0 Å². The first kappa shape index (κ1) is 18.0. The molecule has 3 N–H and O–H groups in total. The average molecular weight is 331 g/mol. The second kappa shape index (κ2) is 7.03. The number of nitrogens with one attached hydrogen (secondary N) is 2. The molecule has 2 atom stereocenters. The highest BCUT2D eigenvalue weighted by atomic mass is 16.3. The van der Waals surface area contributed by atoms with Gasteiger partial charge in [0.25, 0.3) is 5.91 Å². The average Bonchev–Trinajstić information content (AvgIpc) is 3.03. The number of hydrogen-bond donors (Lipinski definition) is 3. The number of carbonyl (C=O) groups excluding carboxylic acids is 2. The summed E-state index contributed by atoms with van der Waals surface area (Å²) in [6, 6.07) is 2.95. The number of hydrogen-bond acceptors (Lipinski definition) is 4. The summed E-state index contributed by atoms with van der Waals surface area (Å²) < 4.78 is 0. The van der Waals surface area contributed by atoms with Crippen molar-refractivity contribution in [2.45, 2.75) is 27.7 Å². The molecular formula is C18H25N3O3. The van der Waals surface area contributed by atoms with Gasteiger partial charge in [-0.25, -0.2) is 4.98 Å². The Bertz CT molecular complexity index is 663. The zero-order valence-electron chi connectivity index (χ0n) is 14.6. The number of amides is 2. The molecule has 1 fully saturated rings. The van der Waals surface area contributed by atoms with Crippen LogP contribution in [0.3, 0.4) is 0 Å². The predicted molar refractivity (Wildman–Crippen MR) is 91.4 cm³/mol. The molecule has 0 aliphatic heterocycles. The number of aromatic nitrogens is 1. The van der Waals surface area contributed by atoms with Gasteiger partial charge in [0.15, 0.2) is 5.69 Å². The van der Waals surface area contributed by atoms with Gasteiger partial charge >= 0.3 is 0 Å². The lowest BCUT2D eigenvalue weighted by Crippen LogP contribution is -2.36.